The molecule has 11 heteroatoms. The zero-order chi connectivity index (χ0) is 28.7. The fourth-order valence-electron chi connectivity index (χ4n) is 5.05. The zero-order valence-corrected chi connectivity index (χ0v) is 22.3. The van der Waals surface area contributed by atoms with Gasteiger partial charge in [0.15, 0.2) is 0 Å². The Morgan fingerprint density at radius 1 is 1.10 bits per heavy atom. The summed E-state index contributed by atoms with van der Waals surface area (Å²) in [6.07, 6.45) is 1.89. The van der Waals surface area contributed by atoms with E-state index in [0.29, 0.717) is 52.1 Å². The summed E-state index contributed by atoms with van der Waals surface area (Å²) in [6.45, 7) is -1.79. The second kappa shape index (κ2) is 11.0. The predicted molar refractivity (Wildman–Crippen MR) is 145 cm³/mol. The number of para-hydroxylation sites is 1. The minimum Gasteiger partial charge on any atom is -0.489 e. The molecule has 1 saturated carbocycles. The molecule has 1 N–H and O–H groups in total. The highest BCUT2D eigenvalue weighted by molar-refractivity contribution is 6.31. The van der Waals surface area contributed by atoms with Crippen molar-refractivity contribution in [1.29, 1.82) is 0 Å². The number of carbonyl (C=O) groups is 1. The molecule has 1 saturated heterocycles. The molecule has 2 fully saturated rings. The summed E-state index contributed by atoms with van der Waals surface area (Å²) in [5.41, 5.74) is 2.75. The predicted octanol–water partition coefficient (Wildman–Crippen LogP) is 7.49. The number of aromatic carboxylic acids is 1. The number of benzene rings is 3. The van der Waals surface area contributed by atoms with Crippen molar-refractivity contribution in [2.45, 2.75) is 37.9 Å². The molecule has 212 valence electrons. The van der Waals surface area contributed by atoms with Crippen LogP contribution in [-0.2, 0) is 6.61 Å². The van der Waals surface area contributed by atoms with Crippen molar-refractivity contribution in [1.82, 2.24) is 5.16 Å². The van der Waals surface area contributed by atoms with Crippen molar-refractivity contribution in [2.75, 3.05) is 18.0 Å². The van der Waals surface area contributed by atoms with Crippen LogP contribution >= 0.6 is 11.6 Å². The lowest BCUT2D eigenvalue weighted by molar-refractivity contribution is -0.0494. The number of rotatable bonds is 10. The van der Waals surface area contributed by atoms with E-state index in [-0.39, 0.29) is 29.8 Å². The summed E-state index contributed by atoms with van der Waals surface area (Å²) in [6, 6.07) is 15.6. The van der Waals surface area contributed by atoms with Gasteiger partial charge in [-0.2, -0.15) is 8.78 Å². The molecule has 1 aliphatic carbocycles. The highest BCUT2D eigenvalue weighted by Gasteiger charge is 2.34. The molecule has 0 spiro atoms. The lowest BCUT2D eigenvalue weighted by Gasteiger charge is -2.41. The maximum Gasteiger partial charge on any atom is 0.387 e. The molecular formula is C30H24ClF3N2O5. The van der Waals surface area contributed by atoms with E-state index >= 15 is 0 Å². The summed E-state index contributed by atoms with van der Waals surface area (Å²) >= 11 is 6.62. The summed E-state index contributed by atoms with van der Waals surface area (Å²) in [4.78, 5) is 13.2. The van der Waals surface area contributed by atoms with Gasteiger partial charge in [0.2, 0.25) is 0 Å². The van der Waals surface area contributed by atoms with Crippen molar-refractivity contribution in [3.05, 3.63) is 94.0 Å². The summed E-state index contributed by atoms with van der Waals surface area (Å²) in [7, 11) is 0. The Bertz CT molecular complexity index is 1600. The van der Waals surface area contributed by atoms with Gasteiger partial charge >= 0.3 is 12.6 Å². The van der Waals surface area contributed by atoms with Crippen LogP contribution in [0.5, 0.6) is 11.5 Å². The molecular weight excluding hydrogens is 561 g/mol. The first-order valence-corrected chi connectivity index (χ1v) is 13.4. The maximum absolute atomic E-state index is 13.9. The van der Waals surface area contributed by atoms with Crippen molar-refractivity contribution in [3.63, 3.8) is 0 Å². The summed E-state index contributed by atoms with van der Waals surface area (Å²) in [5.74, 6) is -0.326. The molecule has 1 aromatic heterocycles. The van der Waals surface area contributed by atoms with Crippen LogP contribution in [0.1, 0.15) is 51.9 Å². The Balaban J connectivity index is 1.16. The molecule has 41 heavy (non-hydrogen) atoms. The quantitative estimate of drug-likeness (QED) is 0.207. The van der Waals surface area contributed by atoms with Crippen molar-refractivity contribution in [2.24, 2.45) is 0 Å². The van der Waals surface area contributed by atoms with Gasteiger partial charge in [-0.3, -0.25) is 0 Å². The van der Waals surface area contributed by atoms with Gasteiger partial charge in [-0.1, -0.05) is 35.0 Å². The van der Waals surface area contributed by atoms with Gasteiger partial charge in [-0.25, -0.2) is 9.18 Å². The number of anilines is 1. The Labute approximate surface area is 238 Å². The highest BCUT2D eigenvalue weighted by Crippen LogP contribution is 2.45. The number of halogens is 4. The van der Waals surface area contributed by atoms with Crippen LogP contribution < -0.4 is 14.4 Å². The average molecular weight is 585 g/mol. The van der Waals surface area contributed by atoms with Crippen LogP contribution in [0, 0.1) is 5.82 Å². The normalized spacial score (nSPS) is 15.2. The molecule has 4 aromatic rings. The van der Waals surface area contributed by atoms with Gasteiger partial charge in [-0.15, -0.1) is 0 Å². The summed E-state index contributed by atoms with van der Waals surface area (Å²) < 4.78 is 56.3. The lowest BCUT2D eigenvalue weighted by atomic mass is 9.90. The van der Waals surface area contributed by atoms with Crippen molar-refractivity contribution in [3.8, 4) is 22.8 Å². The molecule has 0 amide bonds. The zero-order valence-electron chi connectivity index (χ0n) is 21.5. The van der Waals surface area contributed by atoms with E-state index in [4.69, 9.17) is 25.6 Å². The molecule has 0 atom stereocenters. The molecule has 6 rings (SSSR count). The lowest BCUT2D eigenvalue weighted by Crippen LogP contribution is -2.45. The van der Waals surface area contributed by atoms with Gasteiger partial charge in [0, 0.05) is 41.2 Å². The minimum absolute atomic E-state index is 0.00115. The molecule has 0 radical (unpaired) electrons. The van der Waals surface area contributed by atoms with E-state index in [0.717, 1.165) is 24.5 Å². The smallest absolute Gasteiger partial charge is 0.387 e. The maximum atomic E-state index is 13.9. The van der Waals surface area contributed by atoms with E-state index in [9.17, 15) is 23.1 Å². The van der Waals surface area contributed by atoms with Crippen molar-refractivity contribution < 1.29 is 37.1 Å². The molecule has 7 nitrogen and oxygen atoms in total. The van der Waals surface area contributed by atoms with Gasteiger partial charge in [0.05, 0.1) is 11.1 Å². The fourth-order valence-corrected chi connectivity index (χ4v) is 5.38. The van der Waals surface area contributed by atoms with Crippen LogP contribution in [-0.4, -0.2) is 35.9 Å². The van der Waals surface area contributed by atoms with Gasteiger partial charge < -0.3 is 24.0 Å². The van der Waals surface area contributed by atoms with Crippen LogP contribution in [0.25, 0.3) is 11.3 Å². The van der Waals surface area contributed by atoms with Gasteiger partial charge in [-0.05, 0) is 60.9 Å². The van der Waals surface area contributed by atoms with E-state index < -0.39 is 18.4 Å². The molecule has 1 aliphatic heterocycles. The Morgan fingerprint density at radius 3 is 2.59 bits per heavy atom. The Hall–Kier alpha value is -4.18. The Morgan fingerprint density at radius 2 is 1.88 bits per heavy atom. The van der Waals surface area contributed by atoms with E-state index in [2.05, 4.69) is 5.16 Å². The molecule has 3 aromatic carbocycles. The number of nitrogens with zero attached hydrogens (tertiary/aromatic N) is 2. The second-order valence-corrected chi connectivity index (χ2v) is 10.5. The minimum atomic E-state index is -2.98. The first-order valence-electron chi connectivity index (χ1n) is 13.0. The monoisotopic (exact) mass is 584 g/mol. The highest BCUT2D eigenvalue weighted by atomic mass is 35.5. The number of ether oxygens (including phenoxy) is 2. The first kappa shape index (κ1) is 27.0. The molecule has 2 aliphatic rings. The number of carboxylic acid groups (broad SMARTS) is 1. The first-order chi connectivity index (χ1) is 19.8. The molecule has 2 heterocycles. The van der Waals surface area contributed by atoms with Crippen molar-refractivity contribution >= 4 is 23.3 Å². The third-order valence-electron chi connectivity index (χ3n) is 7.30. The van der Waals surface area contributed by atoms with Gasteiger partial charge in [0.25, 0.3) is 0 Å². The number of alkyl halides is 2. The number of hydrogen-bond acceptors (Lipinski definition) is 6. The number of carboxylic acids is 1. The van der Waals surface area contributed by atoms with Crippen LogP contribution in [0.3, 0.4) is 0 Å². The fraction of sp³-hybridized carbons (Fsp3) is 0.267. The number of hydrogen-bond donors (Lipinski definition) is 1. The Kier molecular flexibility index (Phi) is 7.25. The number of aromatic nitrogens is 1. The van der Waals surface area contributed by atoms with Crippen LogP contribution in [0.4, 0.5) is 18.9 Å². The third-order valence-corrected chi connectivity index (χ3v) is 7.62. The molecule has 0 bridgehead atoms. The largest absolute Gasteiger partial charge is 0.489 e. The summed E-state index contributed by atoms with van der Waals surface area (Å²) in [5, 5.41) is 13.9. The van der Waals surface area contributed by atoms with E-state index in [1.54, 1.807) is 30.3 Å². The van der Waals surface area contributed by atoms with E-state index in [1.165, 1.54) is 18.2 Å². The second-order valence-electron chi connectivity index (χ2n) is 10.1. The SMILES string of the molecule is O=C(O)c1cc(F)cc(N2CC(c3ccc(OCc4c(-c5ccccc5OC(F)F)noc4C4CC4)cc3Cl)C2)c1. The van der Waals surface area contributed by atoms with Crippen LogP contribution in [0.15, 0.2) is 65.2 Å². The topological polar surface area (TPSA) is 85.0 Å². The van der Waals surface area contributed by atoms with E-state index in [1.807, 2.05) is 11.0 Å². The van der Waals surface area contributed by atoms with Crippen LogP contribution in [0.2, 0.25) is 5.02 Å². The average Bonchev–Trinajstić information content (AvgIpc) is 3.66. The standard InChI is InChI=1S/C30H24ClF3N2O5/c31-25-12-21(7-8-22(25)18-13-36(14-18)20-10-17(29(37)38)9-19(32)11-20)39-15-24-27(35-41-28(24)16-5-6-16)23-3-1-2-4-26(23)40-30(33)34/h1-4,7-12,16,18,30H,5-6,13-15H2,(H,37,38). The molecule has 0 unspecified atom stereocenters. The third kappa shape index (κ3) is 5.69. The van der Waals surface area contributed by atoms with Gasteiger partial charge in [0.1, 0.15) is 35.4 Å².